The number of carbonyl (C=O) groups excluding carboxylic acids is 1. The smallest absolute Gasteiger partial charge is 0.305 e. The first-order valence-electron chi connectivity index (χ1n) is 6.40. The molecule has 2 heteroatoms. The summed E-state index contributed by atoms with van der Waals surface area (Å²) in [6, 6.07) is 0. The minimum atomic E-state index is -0.0215. The first-order chi connectivity index (χ1) is 7.24. The lowest BCUT2D eigenvalue weighted by atomic mass is 9.94. The monoisotopic (exact) mass is 214 g/mol. The maximum atomic E-state index is 11.3. The number of esters is 1. The predicted octanol–water partition coefficient (Wildman–Crippen LogP) is 3.94. The molecule has 0 amide bonds. The van der Waals surface area contributed by atoms with Crippen LogP contribution >= 0.6 is 0 Å². The van der Waals surface area contributed by atoms with Crippen molar-refractivity contribution in [1.82, 2.24) is 0 Å². The number of hydrogen-bond acceptors (Lipinski definition) is 2. The predicted molar refractivity (Wildman–Crippen MR) is 63.8 cm³/mol. The van der Waals surface area contributed by atoms with E-state index < -0.39 is 0 Å². The van der Waals surface area contributed by atoms with E-state index in [1.165, 1.54) is 25.7 Å². The van der Waals surface area contributed by atoms with Gasteiger partial charge in [0.15, 0.2) is 0 Å². The summed E-state index contributed by atoms with van der Waals surface area (Å²) in [7, 11) is 0. The second kappa shape index (κ2) is 10.0. The van der Waals surface area contributed by atoms with Crippen LogP contribution in [-0.2, 0) is 9.53 Å². The molecule has 1 atom stereocenters. The zero-order valence-electron chi connectivity index (χ0n) is 10.6. The Bertz CT molecular complexity index is 155. The second-order valence-corrected chi connectivity index (χ2v) is 4.18. The Hall–Kier alpha value is -0.530. The molecule has 1 unspecified atom stereocenters. The number of ether oxygens (including phenoxy) is 1. The third kappa shape index (κ3) is 8.46. The van der Waals surface area contributed by atoms with Crippen LogP contribution in [0.2, 0.25) is 0 Å². The molecule has 0 rings (SSSR count). The molecular formula is C13H26O2. The highest BCUT2D eigenvalue weighted by Gasteiger charge is 2.09. The van der Waals surface area contributed by atoms with Gasteiger partial charge in [0.05, 0.1) is 6.61 Å². The summed E-state index contributed by atoms with van der Waals surface area (Å²) < 4.78 is 5.05. The fourth-order valence-corrected chi connectivity index (χ4v) is 1.66. The molecule has 0 spiro atoms. The summed E-state index contributed by atoms with van der Waals surface area (Å²) >= 11 is 0. The summed E-state index contributed by atoms with van der Waals surface area (Å²) in [5.41, 5.74) is 0. The maximum Gasteiger partial charge on any atom is 0.305 e. The fourth-order valence-electron chi connectivity index (χ4n) is 1.66. The maximum absolute atomic E-state index is 11.3. The van der Waals surface area contributed by atoms with E-state index in [-0.39, 0.29) is 5.97 Å². The fraction of sp³-hybridized carbons (Fsp3) is 0.923. The standard InChI is InChI=1S/C13H26O2/c1-4-7-8-12(6-3)9-10-13(14)15-11-5-2/h12H,4-11H2,1-3H3. The first-order valence-corrected chi connectivity index (χ1v) is 6.40. The van der Waals surface area contributed by atoms with Crippen LogP contribution in [0.3, 0.4) is 0 Å². The largest absolute Gasteiger partial charge is 0.466 e. The van der Waals surface area contributed by atoms with Gasteiger partial charge in [-0.3, -0.25) is 4.79 Å². The molecule has 0 aromatic rings. The molecular weight excluding hydrogens is 188 g/mol. The molecule has 15 heavy (non-hydrogen) atoms. The number of carbonyl (C=O) groups is 1. The Labute approximate surface area is 94.4 Å². The highest BCUT2D eigenvalue weighted by atomic mass is 16.5. The number of unbranched alkanes of at least 4 members (excludes halogenated alkanes) is 1. The van der Waals surface area contributed by atoms with E-state index in [9.17, 15) is 4.79 Å². The molecule has 0 saturated carbocycles. The number of rotatable bonds is 9. The Balaban J connectivity index is 3.55. The van der Waals surface area contributed by atoms with E-state index in [4.69, 9.17) is 4.74 Å². The Morgan fingerprint density at radius 3 is 2.40 bits per heavy atom. The van der Waals surface area contributed by atoms with Crippen molar-refractivity contribution in [3.05, 3.63) is 0 Å². The van der Waals surface area contributed by atoms with Crippen LogP contribution < -0.4 is 0 Å². The molecule has 0 bridgehead atoms. The van der Waals surface area contributed by atoms with Gasteiger partial charge >= 0.3 is 5.97 Å². The second-order valence-electron chi connectivity index (χ2n) is 4.18. The summed E-state index contributed by atoms with van der Waals surface area (Å²) in [5, 5.41) is 0. The summed E-state index contributed by atoms with van der Waals surface area (Å²) in [6.07, 6.45) is 7.48. The quantitative estimate of drug-likeness (QED) is 0.543. The molecule has 0 heterocycles. The van der Waals surface area contributed by atoms with Gasteiger partial charge in [-0.05, 0) is 18.8 Å². The first kappa shape index (κ1) is 14.5. The van der Waals surface area contributed by atoms with Gasteiger partial charge in [-0.25, -0.2) is 0 Å². The van der Waals surface area contributed by atoms with Crippen molar-refractivity contribution in [1.29, 1.82) is 0 Å². The van der Waals surface area contributed by atoms with Gasteiger partial charge in [-0.1, -0.05) is 46.5 Å². The minimum absolute atomic E-state index is 0.0215. The highest BCUT2D eigenvalue weighted by molar-refractivity contribution is 5.69. The van der Waals surface area contributed by atoms with E-state index in [0.717, 1.165) is 12.8 Å². The van der Waals surface area contributed by atoms with E-state index >= 15 is 0 Å². The van der Waals surface area contributed by atoms with Crippen molar-refractivity contribution >= 4 is 5.97 Å². The summed E-state index contributed by atoms with van der Waals surface area (Å²) in [4.78, 5) is 11.3. The Kier molecular flexibility index (Phi) is 9.65. The molecule has 0 aromatic heterocycles. The third-order valence-electron chi connectivity index (χ3n) is 2.77. The molecule has 90 valence electrons. The van der Waals surface area contributed by atoms with E-state index in [2.05, 4.69) is 13.8 Å². The molecule has 0 N–H and O–H groups in total. The van der Waals surface area contributed by atoms with Gasteiger partial charge in [0, 0.05) is 6.42 Å². The lowest BCUT2D eigenvalue weighted by Gasteiger charge is -2.13. The molecule has 0 saturated heterocycles. The van der Waals surface area contributed by atoms with Crippen molar-refractivity contribution in [2.75, 3.05) is 6.61 Å². The van der Waals surface area contributed by atoms with E-state index in [0.29, 0.717) is 18.9 Å². The molecule has 0 aliphatic carbocycles. The summed E-state index contributed by atoms with van der Waals surface area (Å²) in [5.74, 6) is 0.686. The molecule has 0 aromatic carbocycles. The van der Waals surface area contributed by atoms with Crippen LogP contribution in [0, 0.1) is 5.92 Å². The van der Waals surface area contributed by atoms with Crippen LogP contribution in [0.5, 0.6) is 0 Å². The van der Waals surface area contributed by atoms with Crippen LogP contribution in [0.25, 0.3) is 0 Å². The van der Waals surface area contributed by atoms with E-state index in [1.807, 2.05) is 6.92 Å². The Morgan fingerprint density at radius 2 is 1.87 bits per heavy atom. The van der Waals surface area contributed by atoms with Gasteiger partial charge < -0.3 is 4.74 Å². The van der Waals surface area contributed by atoms with Crippen LogP contribution in [0.1, 0.15) is 65.7 Å². The lowest BCUT2D eigenvalue weighted by Crippen LogP contribution is -2.08. The zero-order valence-corrected chi connectivity index (χ0v) is 10.6. The normalized spacial score (nSPS) is 12.5. The SMILES string of the molecule is CCCCC(CC)CCC(=O)OCCC. The average Bonchev–Trinajstić information content (AvgIpc) is 2.26. The van der Waals surface area contributed by atoms with E-state index in [1.54, 1.807) is 0 Å². The van der Waals surface area contributed by atoms with Crippen LogP contribution in [0.15, 0.2) is 0 Å². The molecule has 2 nitrogen and oxygen atoms in total. The van der Waals surface area contributed by atoms with Gasteiger partial charge in [0.1, 0.15) is 0 Å². The van der Waals surface area contributed by atoms with Crippen molar-refractivity contribution in [3.63, 3.8) is 0 Å². The van der Waals surface area contributed by atoms with Crippen molar-refractivity contribution in [2.24, 2.45) is 5.92 Å². The van der Waals surface area contributed by atoms with Crippen molar-refractivity contribution in [3.8, 4) is 0 Å². The van der Waals surface area contributed by atoms with Gasteiger partial charge in [-0.2, -0.15) is 0 Å². The zero-order chi connectivity index (χ0) is 11.5. The molecule has 0 fully saturated rings. The topological polar surface area (TPSA) is 26.3 Å². The van der Waals surface area contributed by atoms with Crippen LogP contribution in [-0.4, -0.2) is 12.6 Å². The van der Waals surface area contributed by atoms with Gasteiger partial charge in [-0.15, -0.1) is 0 Å². The summed E-state index contributed by atoms with van der Waals surface area (Å²) in [6.45, 7) is 7.01. The molecule has 0 aliphatic rings. The van der Waals surface area contributed by atoms with Crippen LogP contribution in [0.4, 0.5) is 0 Å². The van der Waals surface area contributed by atoms with Gasteiger partial charge in [0.25, 0.3) is 0 Å². The lowest BCUT2D eigenvalue weighted by molar-refractivity contribution is -0.144. The Morgan fingerprint density at radius 1 is 1.13 bits per heavy atom. The highest BCUT2D eigenvalue weighted by Crippen LogP contribution is 2.18. The molecule has 0 aliphatic heterocycles. The van der Waals surface area contributed by atoms with Crippen molar-refractivity contribution < 1.29 is 9.53 Å². The van der Waals surface area contributed by atoms with Gasteiger partial charge in [0.2, 0.25) is 0 Å². The number of hydrogen-bond donors (Lipinski definition) is 0. The average molecular weight is 214 g/mol. The third-order valence-corrected chi connectivity index (χ3v) is 2.77. The van der Waals surface area contributed by atoms with Crippen molar-refractivity contribution in [2.45, 2.75) is 65.7 Å². The minimum Gasteiger partial charge on any atom is -0.466 e. The molecule has 0 radical (unpaired) electrons.